The highest BCUT2D eigenvalue weighted by atomic mass is 32.1. The number of piperazine rings is 1. The number of rotatable bonds is 6. The molecule has 1 saturated heterocycles. The van der Waals surface area contributed by atoms with E-state index in [9.17, 15) is 18.0 Å². The minimum Gasteiger partial charge on any atom is -0.369 e. The number of amides is 1. The first-order valence-corrected chi connectivity index (χ1v) is 10.2. The number of carbonyl (C=O) groups is 1. The van der Waals surface area contributed by atoms with Crippen molar-refractivity contribution in [3.05, 3.63) is 52.2 Å². The van der Waals surface area contributed by atoms with Gasteiger partial charge in [-0.05, 0) is 43.0 Å². The Morgan fingerprint density at radius 3 is 2.57 bits per heavy atom. The van der Waals surface area contributed by atoms with Gasteiger partial charge in [0, 0.05) is 43.3 Å². The molecule has 0 spiro atoms. The molecule has 2 aromatic rings. The van der Waals surface area contributed by atoms with Crippen molar-refractivity contribution in [2.45, 2.75) is 25.6 Å². The average Bonchev–Trinajstić information content (AvgIpc) is 3.20. The summed E-state index contributed by atoms with van der Waals surface area (Å²) in [5, 5.41) is 4.99. The molecule has 2 heterocycles. The molecule has 1 fully saturated rings. The van der Waals surface area contributed by atoms with Gasteiger partial charge < -0.3 is 10.2 Å². The third-order valence-electron chi connectivity index (χ3n) is 5.03. The van der Waals surface area contributed by atoms with Gasteiger partial charge in [-0.2, -0.15) is 13.2 Å². The van der Waals surface area contributed by atoms with Crippen LogP contribution >= 0.6 is 11.3 Å². The first kappa shape index (κ1) is 20.7. The van der Waals surface area contributed by atoms with Crippen molar-refractivity contribution in [2.75, 3.05) is 37.6 Å². The highest BCUT2D eigenvalue weighted by Gasteiger charge is 2.31. The second-order valence-electron chi connectivity index (χ2n) is 6.87. The number of nitrogens with zero attached hydrogens (tertiary/aromatic N) is 2. The Kier molecular flexibility index (Phi) is 6.61. The minimum atomic E-state index is -4.34. The van der Waals surface area contributed by atoms with Gasteiger partial charge >= 0.3 is 6.18 Å². The molecular formula is C20H24F3N3OS. The van der Waals surface area contributed by atoms with Crippen molar-refractivity contribution in [2.24, 2.45) is 0 Å². The van der Waals surface area contributed by atoms with Crippen molar-refractivity contribution >= 4 is 22.9 Å². The lowest BCUT2D eigenvalue weighted by Crippen LogP contribution is -2.54. The first-order valence-electron chi connectivity index (χ1n) is 9.31. The van der Waals surface area contributed by atoms with Crippen LogP contribution < -0.4 is 10.2 Å². The molecule has 3 rings (SSSR count). The molecule has 0 unspecified atom stereocenters. The van der Waals surface area contributed by atoms with Crippen LogP contribution in [0.4, 0.5) is 18.9 Å². The number of halogens is 3. The lowest BCUT2D eigenvalue weighted by atomic mass is 10.1. The summed E-state index contributed by atoms with van der Waals surface area (Å²) >= 11 is 1.67. The minimum absolute atomic E-state index is 0.0101. The summed E-state index contributed by atoms with van der Waals surface area (Å²) in [7, 11) is 0. The number of hydrogen-bond donors (Lipinski definition) is 1. The lowest BCUT2D eigenvalue weighted by Gasteiger charge is -2.38. The van der Waals surface area contributed by atoms with Crippen LogP contribution in [0.5, 0.6) is 0 Å². The summed E-state index contributed by atoms with van der Waals surface area (Å²) in [6, 6.07) is 9.20. The van der Waals surface area contributed by atoms with E-state index in [4.69, 9.17) is 0 Å². The molecule has 1 atom stereocenters. The number of anilines is 1. The lowest BCUT2D eigenvalue weighted by molar-refractivity contribution is -0.137. The van der Waals surface area contributed by atoms with Crippen LogP contribution in [-0.2, 0) is 17.4 Å². The molecule has 1 N–H and O–H groups in total. The average molecular weight is 411 g/mol. The van der Waals surface area contributed by atoms with Gasteiger partial charge in [0.25, 0.3) is 0 Å². The van der Waals surface area contributed by atoms with E-state index in [0.29, 0.717) is 38.4 Å². The van der Waals surface area contributed by atoms with Gasteiger partial charge in [-0.25, -0.2) is 0 Å². The smallest absolute Gasteiger partial charge is 0.369 e. The Labute approximate surface area is 167 Å². The van der Waals surface area contributed by atoms with Crippen molar-refractivity contribution in [1.82, 2.24) is 10.2 Å². The molecule has 1 amide bonds. The largest absolute Gasteiger partial charge is 0.416 e. The zero-order chi connectivity index (χ0) is 20.1. The third-order valence-corrected chi connectivity index (χ3v) is 5.97. The monoisotopic (exact) mass is 411 g/mol. The molecule has 1 aromatic carbocycles. The predicted octanol–water partition coefficient (Wildman–Crippen LogP) is 3.64. The van der Waals surface area contributed by atoms with Crippen LogP contribution in [0, 0.1) is 0 Å². The van der Waals surface area contributed by atoms with Gasteiger partial charge in [0.2, 0.25) is 5.91 Å². The topological polar surface area (TPSA) is 35.6 Å². The maximum atomic E-state index is 12.9. The van der Waals surface area contributed by atoms with Crippen LogP contribution in [0.25, 0.3) is 0 Å². The molecule has 1 aliphatic rings. The Bertz CT molecular complexity index is 771. The van der Waals surface area contributed by atoms with Gasteiger partial charge in [0.1, 0.15) is 0 Å². The number of hydrogen-bond acceptors (Lipinski definition) is 4. The molecule has 0 aliphatic carbocycles. The molecular weight excluding hydrogens is 387 g/mol. The second kappa shape index (κ2) is 8.96. The van der Waals surface area contributed by atoms with E-state index >= 15 is 0 Å². The van der Waals surface area contributed by atoms with Crippen LogP contribution in [0.1, 0.15) is 17.4 Å². The highest BCUT2D eigenvalue weighted by Crippen LogP contribution is 2.31. The Balaban J connectivity index is 1.48. The van der Waals surface area contributed by atoms with Crippen molar-refractivity contribution < 1.29 is 18.0 Å². The van der Waals surface area contributed by atoms with Crippen molar-refractivity contribution in [3.8, 4) is 0 Å². The number of thiophene rings is 1. The van der Waals surface area contributed by atoms with Crippen molar-refractivity contribution in [3.63, 3.8) is 0 Å². The van der Waals surface area contributed by atoms with Gasteiger partial charge in [-0.15, -0.1) is 11.3 Å². The molecule has 152 valence electrons. The molecule has 8 heteroatoms. The van der Waals surface area contributed by atoms with Crippen LogP contribution in [0.2, 0.25) is 0 Å². The van der Waals surface area contributed by atoms with E-state index in [2.05, 4.69) is 10.2 Å². The molecule has 1 aliphatic heterocycles. The van der Waals surface area contributed by atoms with Gasteiger partial charge in [-0.1, -0.05) is 12.1 Å². The first-order chi connectivity index (χ1) is 13.3. The maximum Gasteiger partial charge on any atom is 0.416 e. The number of nitrogens with one attached hydrogen (secondary N) is 1. The van der Waals surface area contributed by atoms with E-state index in [-0.39, 0.29) is 11.9 Å². The van der Waals surface area contributed by atoms with E-state index < -0.39 is 11.7 Å². The molecule has 0 radical (unpaired) electrons. The second-order valence-corrected chi connectivity index (χ2v) is 7.90. The molecule has 1 aromatic heterocycles. The van der Waals surface area contributed by atoms with Crippen LogP contribution in [0.3, 0.4) is 0 Å². The fourth-order valence-electron chi connectivity index (χ4n) is 3.32. The van der Waals surface area contributed by atoms with Gasteiger partial charge in [0.15, 0.2) is 0 Å². The Morgan fingerprint density at radius 1 is 1.18 bits per heavy atom. The molecule has 0 bridgehead atoms. The Hall–Kier alpha value is -2.06. The Morgan fingerprint density at radius 2 is 1.93 bits per heavy atom. The van der Waals surface area contributed by atoms with Crippen LogP contribution in [-0.4, -0.2) is 49.6 Å². The zero-order valence-electron chi connectivity index (χ0n) is 15.7. The maximum absolute atomic E-state index is 12.9. The number of carbonyl (C=O) groups excluding carboxylic acids is 1. The number of alkyl halides is 3. The van der Waals surface area contributed by atoms with E-state index in [1.807, 2.05) is 29.3 Å². The fourth-order valence-corrected chi connectivity index (χ4v) is 4.03. The quantitative estimate of drug-likeness (QED) is 0.789. The fraction of sp³-hybridized carbons (Fsp3) is 0.450. The SMILES string of the molecule is C[C@H](C(=O)NCCc1cccs1)N1CCN(c2cccc(C(F)(F)F)c2)CC1. The van der Waals surface area contributed by atoms with Gasteiger partial charge in [0.05, 0.1) is 11.6 Å². The predicted molar refractivity (Wildman–Crippen MR) is 106 cm³/mol. The number of benzene rings is 1. The molecule has 28 heavy (non-hydrogen) atoms. The van der Waals surface area contributed by atoms with E-state index in [1.165, 1.54) is 17.0 Å². The van der Waals surface area contributed by atoms with E-state index in [0.717, 1.165) is 12.5 Å². The summed E-state index contributed by atoms with van der Waals surface area (Å²) < 4.78 is 38.7. The summed E-state index contributed by atoms with van der Waals surface area (Å²) in [6.45, 7) is 4.93. The third kappa shape index (κ3) is 5.26. The summed E-state index contributed by atoms with van der Waals surface area (Å²) in [5.41, 5.74) is -0.0616. The van der Waals surface area contributed by atoms with Crippen LogP contribution in [0.15, 0.2) is 41.8 Å². The molecule has 4 nitrogen and oxygen atoms in total. The normalized spacial score (nSPS) is 16.8. The summed E-state index contributed by atoms with van der Waals surface area (Å²) in [4.78, 5) is 17.6. The zero-order valence-corrected chi connectivity index (χ0v) is 16.5. The molecule has 0 saturated carbocycles. The van der Waals surface area contributed by atoms with E-state index in [1.54, 1.807) is 17.4 Å². The summed E-state index contributed by atoms with van der Waals surface area (Å²) in [6.07, 6.45) is -3.52. The standard InChI is InChI=1S/C20H24F3N3OS/c1-15(19(27)24-8-7-18-6-3-13-28-18)25-9-11-26(12-10-25)17-5-2-4-16(14-17)20(21,22)23/h2-6,13-15H,7-12H2,1H3,(H,24,27)/t15-/m1/s1. The highest BCUT2D eigenvalue weighted by molar-refractivity contribution is 7.09. The summed E-state index contributed by atoms with van der Waals surface area (Å²) in [5.74, 6) is -0.0101. The van der Waals surface area contributed by atoms with Gasteiger partial charge in [-0.3, -0.25) is 9.69 Å². The van der Waals surface area contributed by atoms with Crippen molar-refractivity contribution in [1.29, 1.82) is 0 Å².